The van der Waals surface area contributed by atoms with E-state index in [1.807, 2.05) is 115 Å². The predicted molar refractivity (Wildman–Crippen MR) is 570 cm³/mol. The summed E-state index contributed by atoms with van der Waals surface area (Å²) in [5.74, 6) is 1.31. The maximum atomic E-state index is 6.44. The fraction of sp³-hybridized carbons (Fsp3) is 0.0161. The molecule has 21 aromatic carbocycles. The molecule has 0 N–H and O–H groups in total. The fourth-order valence-corrected chi connectivity index (χ4v) is 21.0. The number of rotatable bonds is 6. The summed E-state index contributed by atoms with van der Waals surface area (Å²) < 4.78 is 6.85. The molecule has 136 heavy (non-hydrogen) atoms. The molecule has 0 saturated carbocycles. The van der Waals surface area contributed by atoms with Gasteiger partial charge in [0.1, 0.15) is 0 Å². The summed E-state index contributed by atoms with van der Waals surface area (Å²) in [4.78, 5) is 29.3. The van der Waals surface area contributed by atoms with Gasteiger partial charge in [-0.1, -0.05) is 369 Å². The number of hydrogen-bond acceptors (Lipinski definition) is 6. The lowest BCUT2D eigenvalue weighted by atomic mass is 9.99. The molecule has 0 fully saturated rings. The van der Waals surface area contributed by atoms with Gasteiger partial charge in [-0.25, -0.2) is 29.9 Å². The average Bonchev–Trinajstić information content (AvgIpc) is 1.56. The van der Waals surface area contributed by atoms with E-state index in [-0.39, 0.29) is 5.28 Å². The topological polar surface area (TPSA) is 92.1 Å². The molecule has 2 aliphatic carbocycles. The van der Waals surface area contributed by atoms with Crippen molar-refractivity contribution in [2.45, 2.75) is 12.8 Å². The number of benzene rings is 21. The number of fused-ring (bicyclic) bond motifs is 25. The molecular weight excluding hydrogens is 1720 g/mol. The van der Waals surface area contributed by atoms with Crippen LogP contribution in [0.5, 0.6) is 0 Å². The van der Waals surface area contributed by atoms with Crippen LogP contribution in [0.15, 0.2) is 449 Å². The van der Waals surface area contributed by atoms with Gasteiger partial charge in [-0.15, -0.1) is 0 Å². The van der Waals surface area contributed by atoms with Crippen molar-refractivity contribution in [3.63, 3.8) is 0 Å². The van der Waals surface area contributed by atoms with Crippen LogP contribution in [0.4, 0.5) is 0 Å². The second kappa shape index (κ2) is 34.1. The third kappa shape index (κ3) is 14.5. The van der Waals surface area contributed by atoms with Crippen LogP contribution in [0.2, 0.25) is 15.3 Å². The second-order valence-electron chi connectivity index (χ2n) is 34.7. The summed E-state index contributed by atoms with van der Waals surface area (Å²) in [6.45, 7) is 0. The summed E-state index contributed by atoms with van der Waals surface area (Å²) in [6, 6.07) is 157. The van der Waals surface area contributed by atoms with Crippen molar-refractivity contribution in [1.29, 1.82) is 0 Å². The first-order chi connectivity index (χ1) is 67.1. The van der Waals surface area contributed by atoms with E-state index in [0.29, 0.717) is 16.9 Å². The zero-order chi connectivity index (χ0) is 90.4. The molecule has 12 heteroatoms. The maximum Gasteiger partial charge on any atom is 0.235 e. The first-order valence-electron chi connectivity index (χ1n) is 45.7. The first kappa shape index (κ1) is 81.2. The van der Waals surface area contributed by atoms with Crippen LogP contribution in [0.3, 0.4) is 0 Å². The Morgan fingerprint density at radius 3 is 1.19 bits per heavy atom. The number of halogens is 3. The minimum Gasteiger partial charge on any atom is -0.309 e. The molecular formula is C124H78Cl3N9. The SMILES string of the molecule is Clc1ccc2c(c1)-c1cc3ccccc3cc1C2.Clc1ccc2c(c1)c1cc3ccccc3cc1n2-c1nc(-c2ccccc2)c2ccccc2n1.Clc1nc(-c2ccccc2)c2ccccc2n1.c1ccc(-c2nc(-n3c4ccc(-n5c6ccccc6c6ccc7ccccc7c65)cc4c4cc5ccccc5cc43)nc3ccccc23)cc1.c1ccc2c(c1)Cc1c-2ccc2ccccc12. The van der Waals surface area contributed by atoms with Gasteiger partial charge in [0.25, 0.3) is 0 Å². The molecule has 29 rings (SSSR count). The van der Waals surface area contributed by atoms with Crippen molar-refractivity contribution < 1.29 is 0 Å². The molecule has 0 aliphatic heterocycles. The molecule has 0 atom stereocenters. The molecule has 6 heterocycles. The zero-order valence-corrected chi connectivity index (χ0v) is 75.6. The van der Waals surface area contributed by atoms with Crippen molar-refractivity contribution in [3.05, 3.63) is 486 Å². The van der Waals surface area contributed by atoms with E-state index in [0.717, 1.165) is 128 Å². The Morgan fingerprint density at radius 1 is 0.199 bits per heavy atom. The summed E-state index contributed by atoms with van der Waals surface area (Å²) >= 11 is 18.5. The van der Waals surface area contributed by atoms with Crippen LogP contribution >= 0.6 is 34.8 Å². The molecule has 0 amide bonds. The number of aromatic nitrogens is 9. The quantitative estimate of drug-likeness (QED) is 0.154. The van der Waals surface area contributed by atoms with Gasteiger partial charge in [-0.2, -0.15) is 0 Å². The Hall–Kier alpha value is -16.8. The highest BCUT2D eigenvalue weighted by Crippen LogP contribution is 2.46. The molecule has 6 aromatic heterocycles. The molecule has 9 nitrogen and oxygen atoms in total. The molecule has 27 aromatic rings. The maximum absolute atomic E-state index is 6.44. The predicted octanol–water partition coefficient (Wildman–Crippen LogP) is 33.4. The van der Waals surface area contributed by atoms with E-state index in [2.05, 4.69) is 357 Å². The van der Waals surface area contributed by atoms with E-state index in [4.69, 9.17) is 54.7 Å². The molecule has 0 bridgehead atoms. The molecule has 0 unspecified atom stereocenters. The van der Waals surface area contributed by atoms with Crippen molar-refractivity contribution >= 4 is 187 Å². The van der Waals surface area contributed by atoms with Crippen LogP contribution < -0.4 is 0 Å². The van der Waals surface area contributed by atoms with Crippen LogP contribution in [0.1, 0.15) is 22.3 Å². The Morgan fingerprint density at radius 2 is 0.603 bits per heavy atom. The van der Waals surface area contributed by atoms with Gasteiger partial charge in [-0.3, -0.25) is 9.13 Å². The first-order valence-corrected chi connectivity index (χ1v) is 46.8. The number of nitrogens with zero attached hydrogens (tertiary/aromatic N) is 9. The summed E-state index contributed by atoms with van der Waals surface area (Å²) in [5, 5.41) is 24.5. The lowest BCUT2D eigenvalue weighted by molar-refractivity contribution is 1.01. The highest BCUT2D eigenvalue weighted by atomic mass is 35.5. The third-order valence-electron chi connectivity index (χ3n) is 26.8. The van der Waals surface area contributed by atoms with Crippen LogP contribution in [0, 0.1) is 0 Å². The van der Waals surface area contributed by atoms with Gasteiger partial charge in [0, 0.05) is 86.3 Å². The summed E-state index contributed by atoms with van der Waals surface area (Å²) in [7, 11) is 0. The van der Waals surface area contributed by atoms with Crippen molar-refractivity contribution in [2.75, 3.05) is 0 Å². The third-order valence-corrected chi connectivity index (χ3v) is 27.4. The fourth-order valence-electron chi connectivity index (χ4n) is 20.5. The van der Waals surface area contributed by atoms with E-state index < -0.39 is 0 Å². The van der Waals surface area contributed by atoms with Crippen LogP contribution in [-0.2, 0) is 12.8 Å². The largest absolute Gasteiger partial charge is 0.309 e. The standard InChI is InChI=1S/C46H28N4.C30H18ClN3.C17H11Cl.C17H12.C14H9ClN2/c1-2-13-30(14-3-1)44-37-19-8-10-20-40(37)47-46(48-44)50-42-25-23-33(28-39(42)38-26-31-15-4-5-16-32(31)27-43(38)50)49-41-21-11-9-18-35(41)36-24-22-29-12-6-7-17-34(29)45(36)49;31-22-14-15-27-25(18-22)24-16-20-10-4-5-11-21(20)17-28(24)34(27)30-32-26-13-7-6-12-23(26)29(33-30)19-8-2-1-3-9-19;18-15-6-5-13-8-14-7-11-3-1-2-4-12(11)9-16(14)17(13)10-15;1-3-7-14-12(5-1)9-10-16-15-8-4-2-6-13(15)11-17(14)16;15-14-16-12-9-5-4-8-11(12)13(17-14)10-6-2-1-3-7-10/h1-28H;1-18H;1-7,9-10H,8H2;1-10H,11H2;1-9H. The average molecular weight is 1800 g/mol. The highest BCUT2D eigenvalue weighted by molar-refractivity contribution is 6.32. The Kier molecular flexibility index (Phi) is 20.4. The molecule has 640 valence electrons. The normalized spacial score (nSPS) is 11.9. The second-order valence-corrected chi connectivity index (χ2v) is 35.9. The van der Waals surface area contributed by atoms with Gasteiger partial charge in [0.2, 0.25) is 17.2 Å². The van der Waals surface area contributed by atoms with Crippen molar-refractivity contribution in [3.8, 4) is 73.6 Å². The number of hydrogen-bond donors (Lipinski definition) is 0. The van der Waals surface area contributed by atoms with E-state index >= 15 is 0 Å². The molecule has 0 spiro atoms. The Balaban J connectivity index is 0.0000000982. The van der Waals surface area contributed by atoms with E-state index in [9.17, 15) is 0 Å². The minimum absolute atomic E-state index is 0.280. The van der Waals surface area contributed by atoms with Gasteiger partial charge in [-0.05, 0) is 221 Å². The van der Waals surface area contributed by atoms with Crippen LogP contribution in [-0.4, -0.2) is 43.6 Å². The van der Waals surface area contributed by atoms with Gasteiger partial charge in [0.15, 0.2) is 0 Å². The van der Waals surface area contributed by atoms with Gasteiger partial charge < -0.3 is 4.57 Å². The summed E-state index contributed by atoms with van der Waals surface area (Å²) in [5.41, 5.74) is 27.6. The monoisotopic (exact) mass is 1800 g/mol. The van der Waals surface area contributed by atoms with Gasteiger partial charge >= 0.3 is 0 Å². The highest BCUT2D eigenvalue weighted by Gasteiger charge is 2.26. The lowest BCUT2D eigenvalue weighted by Crippen LogP contribution is -2.03. The Bertz CT molecular complexity index is 9500. The Labute approximate surface area is 797 Å². The smallest absolute Gasteiger partial charge is 0.235 e. The number of para-hydroxylation sites is 4. The zero-order valence-electron chi connectivity index (χ0n) is 73.3. The minimum atomic E-state index is 0.280. The van der Waals surface area contributed by atoms with Gasteiger partial charge in [0.05, 0.1) is 66.7 Å². The molecule has 0 saturated heterocycles. The molecule has 2 aliphatic rings. The van der Waals surface area contributed by atoms with Crippen molar-refractivity contribution in [2.24, 2.45) is 0 Å². The summed E-state index contributed by atoms with van der Waals surface area (Å²) in [6.07, 6.45) is 2.10. The van der Waals surface area contributed by atoms with Crippen LogP contribution in [0.25, 0.3) is 226 Å². The van der Waals surface area contributed by atoms with E-state index in [1.165, 1.54) is 126 Å². The lowest BCUT2D eigenvalue weighted by Gasteiger charge is -2.13. The molecule has 0 radical (unpaired) electrons. The van der Waals surface area contributed by atoms with E-state index in [1.54, 1.807) is 0 Å². The van der Waals surface area contributed by atoms with Crippen molar-refractivity contribution in [1.82, 2.24) is 43.6 Å².